The molecule has 0 spiro atoms. The van der Waals surface area contributed by atoms with Gasteiger partial charge in [-0.15, -0.1) is 10.2 Å². The van der Waals surface area contributed by atoms with E-state index >= 15 is 0 Å². The minimum absolute atomic E-state index is 0.00711. The fourth-order valence-electron chi connectivity index (χ4n) is 1.30. The van der Waals surface area contributed by atoms with Crippen molar-refractivity contribution in [2.45, 2.75) is 3.79 Å². The predicted octanol–water partition coefficient (Wildman–Crippen LogP) is 3.96. The molecule has 0 saturated heterocycles. The number of hydrogen-bond acceptors (Lipinski definition) is 4. The summed E-state index contributed by atoms with van der Waals surface area (Å²) in [6, 6.07) is 11.2. The Bertz CT molecular complexity index is 638. The fraction of sp³-hybridized carbons (Fsp3) is 0.0833. The van der Waals surface area contributed by atoms with Gasteiger partial charge in [0.05, 0.1) is 0 Å². The zero-order valence-corrected chi connectivity index (χ0v) is 11.6. The zero-order valence-electron chi connectivity index (χ0n) is 9.35. The van der Waals surface area contributed by atoms with Crippen LogP contribution in [0.1, 0.15) is 17.3 Å². The van der Waals surface area contributed by atoms with Crippen molar-refractivity contribution in [3.63, 3.8) is 0 Å². The van der Waals surface area contributed by atoms with Gasteiger partial charge in [0.15, 0.2) is 0 Å². The molecule has 0 amide bonds. The molecule has 19 heavy (non-hydrogen) atoms. The van der Waals surface area contributed by atoms with E-state index in [9.17, 15) is 0 Å². The Morgan fingerprint density at radius 1 is 1.21 bits per heavy atom. The Balaban J connectivity index is 2.37. The lowest BCUT2D eigenvalue weighted by atomic mass is 10.1. The molecule has 2 aromatic rings. The number of rotatable bonds is 2. The number of nitriles is 1. The first kappa shape index (κ1) is 13.9. The van der Waals surface area contributed by atoms with E-state index in [1.165, 1.54) is 0 Å². The second-order valence-corrected chi connectivity index (χ2v) is 5.77. The molecule has 0 atom stereocenters. The molecular formula is C12H6Cl3N3O. The highest BCUT2D eigenvalue weighted by molar-refractivity contribution is 6.66. The van der Waals surface area contributed by atoms with E-state index < -0.39 is 3.79 Å². The van der Waals surface area contributed by atoms with Gasteiger partial charge in [-0.2, -0.15) is 5.26 Å². The van der Waals surface area contributed by atoms with Gasteiger partial charge in [-0.05, 0) is 11.6 Å². The van der Waals surface area contributed by atoms with Crippen molar-refractivity contribution in [1.82, 2.24) is 10.2 Å². The molecule has 1 aromatic carbocycles. The van der Waals surface area contributed by atoms with Crippen LogP contribution in [0.5, 0.6) is 0 Å². The highest BCUT2D eigenvalue weighted by atomic mass is 35.6. The lowest BCUT2D eigenvalue weighted by molar-refractivity contribution is 0.491. The summed E-state index contributed by atoms with van der Waals surface area (Å²) in [4.78, 5) is 0. The summed E-state index contributed by atoms with van der Waals surface area (Å²) in [5, 5.41) is 16.4. The molecule has 1 heterocycles. The van der Waals surface area contributed by atoms with Crippen LogP contribution in [0.3, 0.4) is 0 Å². The lowest BCUT2D eigenvalue weighted by Crippen LogP contribution is -1.99. The molecular weight excluding hydrogens is 309 g/mol. The summed E-state index contributed by atoms with van der Waals surface area (Å²) in [6.07, 6.45) is 1.61. The average molecular weight is 315 g/mol. The minimum Gasteiger partial charge on any atom is -0.415 e. The number of hydrogen-bond donors (Lipinski definition) is 0. The third-order valence-electron chi connectivity index (χ3n) is 2.13. The van der Waals surface area contributed by atoms with Crippen molar-refractivity contribution in [1.29, 1.82) is 5.26 Å². The Morgan fingerprint density at radius 2 is 1.89 bits per heavy atom. The molecule has 0 aliphatic rings. The molecule has 7 heteroatoms. The van der Waals surface area contributed by atoms with E-state index in [2.05, 4.69) is 10.2 Å². The highest BCUT2D eigenvalue weighted by Crippen LogP contribution is 2.37. The summed E-state index contributed by atoms with van der Waals surface area (Å²) in [5.74, 6) is -0.172. The smallest absolute Gasteiger partial charge is 0.268 e. The van der Waals surface area contributed by atoms with Gasteiger partial charge >= 0.3 is 0 Å². The van der Waals surface area contributed by atoms with Crippen LogP contribution in [0.2, 0.25) is 0 Å². The first-order valence-electron chi connectivity index (χ1n) is 5.08. The first-order valence-corrected chi connectivity index (χ1v) is 6.22. The maximum Gasteiger partial charge on any atom is 0.268 e. The Kier molecular flexibility index (Phi) is 4.11. The van der Waals surface area contributed by atoms with Crippen molar-refractivity contribution in [2.75, 3.05) is 0 Å². The van der Waals surface area contributed by atoms with Crippen LogP contribution in [0.15, 0.2) is 34.7 Å². The molecule has 0 aliphatic carbocycles. The first-order chi connectivity index (χ1) is 9.00. The number of halogens is 3. The number of aromatic nitrogens is 2. The quantitative estimate of drug-likeness (QED) is 0.621. The Morgan fingerprint density at radius 3 is 2.42 bits per heavy atom. The van der Waals surface area contributed by atoms with Gasteiger partial charge in [0, 0.05) is 0 Å². The van der Waals surface area contributed by atoms with Crippen molar-refractivity contribution in [3.8, 4) is 6.07 Å². The Labute approximate surface area is 124 Å². The van der Waals surface area contributed by atoms with Crippen LogP contribution < -0.4 is 0 Å². The molecule has 2 rings (SSSR count). The van der Waals surface area contributed by atoms with Gasteiger partial charge < -0.3 is 4.42 Å². The van der Waals surface area contributed by atoms with Gasteiger partial charge in [-0.1, -0.05) is 65.1 Å². The normalized spacial score (nSPS) is 12.2. The number of allylic oxidation sites excluding steroid dienone is 1. The molecule has 96 valence electrons. The average Bonchev–Trinajstić information content (AvgIpc) is 2.86. The SMILES string of the molecule is N#CC(=Cc1ccccc1)c1nnc(C(Cl)(Cl)Cl)o1. The van der Waals surface area contributed by atoms with Crippen LogP contribution in [0.4, 0.5) is 0 Å². The number of nitrogens with zero attached hydrogens (tertiary/aromatic N) is 3. The summed E-state index contributed by atoms with van der Waals surface area (Å²) >= 11 is 16.8. The van der Waals surface area contributed by atoms with Crippen LogP contribution in [-0.4, -0.2) is 10.2 Å². The summed E-state index contributed by atoms with van der Waals surface area (Å²) < 4.78 is 3.36. The molecule has 4 nitrogen and oxygen atoms in total. The van der Waals surface area contributed by atoms with Gasteiger partial charge in [-0.3, -0.25) is 0 Å². The second-order valence-electron chi connectivity index (χ2n) is 3.49. The van der Waals surface area contributed by atoms with Crippen molar-refractivity contribution >= 4 is 46.5 Å². The topological polar surface area (TPSA) is 62.7 Å². The van der Waals surface area contributed by atoms with E-state index in [-0.39, 0.29) is 17.4 Å². The monoisotopic (exact) mass is 313 g/mol. The van der Waals surface area contributed by atoms with Crippen LogP contribution >= 0.6 is 34.8 Å². The van der Waals surface area contributed by atoms with Gasteiger partial charge in [0.2, 0.25) is 0 Å². The van der Waals surface area contributed by atoms with Crippen LogP contribution in [0, 0.1) is 11.3 Å². The Hall–Kier alpha value is -1.54. The third kappa shape index (κ3) is 3.48. The molecule has 0 unspecified atom stereocenters. The largest absolute Gasteiger partial charge is 0.415 e. The zero-order chi connectivity index (χ0) is 13.9. The standard InChI is InChI=1S/C12H6Cl3N3O/c13-12(14,15)11-18-17-10(19-11)9(7-16)6-8-4-2-1-3-5-8/h1-6H. The van der Waals surface area contributed by atoms with Gasteiger partial charge in [-0.25, -0.2) is 0 Å². The molecule has 0 bridgehead atoms. The van der Waals surface area contributed by atoms with E-state index in [1.54, 1.807) is 6.08 Å². The molecule has 0 radical (unpaired) electrons. The summed E-state index contributed by atoms with van der Waals surface area (Å²) in [6.45, 7) is 0. The van der Waals surface area contributed by atoms with Crippen LogP contribution in [-0.2, 0) is 3.79 Å². The molecule has 0 N–H and O–H groups in total. The van der Waals surface area contributed by atoms with Crippen molar-refractivity contribution in [3.05, 3.63) is 47.7 Å². The second kappa shape index (κ2) is 5.62. The summed E-state index contributed by atoms with van der Waals surface area (Å²) in [5.41, 5.74) is 1.02. The minimum atomic E-state index is -1.81. The molecule has 0 fully saturated rings. The van der Waals surface area contributed by atoms with Gasteiger partial charge in [0.1, 0.15) is 11.6 Å². The van der Waals surface area contributed by atoms with Crippen LogP contribution in [0.25, 0.3) is 11.6 Å². The maximum atomic E-state index is 9.11. The maximum absolute atomic E-state index is 9.11. The molecule has 1 aromatic heterocycles. The third-order valence-corrected chi connectivity index (χ3v) is 2.61. The van der Waals surface area contributed by atoms with Gasteiger partial charge in [0.25, 0.3) is 15.6 Å². The van der Waals surface area contributed by atoms with Crippen molar-refractivity contribution < 1.29 is 4.42 Å². The van der Waals surface area contributed by atoms with E-state index in [0.717, 1.165) is 5.56 Å². The highest BCUT2D eigenvalue weighted by Gasteiger charge is 2.30. The fourth-order valence-corrected chi connectivity index (χ4v) is 1.53. The predicted molar refractivity (Wildman–Crippen MR) is 73.5 cm³/mol. The van der Waals surface area contributed by atoms with E-state index in [1.807, 2.05) is 36.4 Å². The van der Waals surface area contributed by atoms with E-state index in [0.29, 0.717) is 0 Å². The lowest BCUT2D eigenvalue weighted by Gasteiger charge is -2.02. The van der Waals surface area contributed by atoms with Crippen molar-refractivity contribution in [2.24, 2.45) is 0 Å². The molecule has 0 aliphatic heterocycles. The number of alkyl halides is 3. The molecule has 0 saturated carbocycles. The number of benzene rings is 1. The van der Waals surface area contributed by atoms with E-state index in [4.69, 9.17) is 44.5 Å². The summed E-state index contributed by atoms with van der Waals surface area (Å²) in [7, 11) is 0.